The van der Waals surface area contributed by atoms with Gasteiger partial charge in [0.05, 0.1) is 21.5 Å². The van der Waals surface area contributed by atoms with Crippen LogP contribution < -0.4 is 5.32 Å². The maximum absolute atomic E-state index is 12.2. The molecule has 0 fully saturated rings. The Kier molecular flexibility index (Phi) is 5.02. The first-order valence-corrected chi connectivity index (χ1v) is 8.84. The van der Waals surface area contributed by atoms with Crippen molar-refractivity contribution >= 4 is 28.8 Å². The Morgan fingerprint density at radius 3 is 2.62 bits per heavy atom. The van der Waals surface area contributed by atoms with Gasteiger partial charge in [0, 0.05) is 17.8 Å². The molecule has 0 atom stereocenters. The van der Waals surface area contributed by atoms with E-state index in [9.17, 15) is 4.79 Å². The summed E-state index contributed by atoms with van der Waals surface area (Å²) in [6, 6.07) is 13.7. The number of hydrogen-bond acceptors (Lipinski definition) is 3. The highest BCUT2D eigenvalue weighted by Crippen LogP contribution is 2.21. The molecule has 0 spiro atoms. The predicted octanol–water partition coefficient (Wildman–Crippen LogP) is 4.19. The SMILES string of the molecule is Cc1nn(Cc2ccccc2)c(C)c1CNC(=O)c1ccc(Cl)s1. The molecule has 3 rings (SSSR count). The fourth-order valence-corrected chi connectivity index (χ4v) is 3.55. The van der Waals surface area contributed by atoms with Crippen LogP contribution in [-0.4, -0.2) is 15.7 Å². The summed E-state index contributed by atoms with van der Waals surface area (Å²) in [5, 5.41) is 7.55. The molecule has 0 saturated heterocycles. The van der Waals surface area contributed by atoms with Gasteiger partial charge in [-0.15, -0.1) is 11.3 Å². The molecule has 2 heterocycles. The number of benzene rings is 1. The largest absolute Gasteiger partial charge is 0.347 e. The van der Waals surface area contributed by atoms with Gasteiger partial charge in [0.2, 0.25) is 0 Å². The maximum Gasteiger partial charge on any atom is 0.261 e. The van der Waals surface area contributed by atoms with Crippen molar-refractivity contribution in [1.82, 2.24) is 15.1 Å². The minimum absolute atomic E-state index is 0.110. The van der Waals surface area contributed by atoms with Crippen LogP contribution >= 0.6 is 22.9 Å². The number of carbonyl (C=O) groups is 1. The molecule has 0 aliphatic heterocycles. The number of amides is 1. The summed E-state index contributed by atoms with van der Waals surface area (Å²) in [7, 11) is 0. The summed E-state index contributed by atoms with van der Waals surface area (Å²) < 4.78 is 2.59. The maximum atomic E-state index is 12.2. The zero-order valence-corrected chi connectivity index (χ0v) is 15.1. The third-order valence-electron chi connectivity index (χ3n) is 3.93. The third-order valence-corrected chi connectivity index (χ3v) is 5.16. The molecule has 0 radical (unpaired) electrons. The van der Waals surface area contributed by atoms with Crippen LogP contribution in [0.1, 0.15) is 32.2 Å². The standard InChI is InChI=1S/C18H18ClN3OS/c1-12-15(10-20-18(23)16-8-9-17(19)24-16)13(2)22(21-12)11-14-6-4-3-5-7-14/h3-9H,10-11H2,1-2H3,(H,20,23). The minimum Gasteiger partial charge on any atom is -0.347 e. The van der Waals surface area contributed by atoms with Gasteiger partial charge in [-0.1, -0.05) is 41.9 Å². The number of aromatic nitrogens is 2. The summed E-state index contributed by atoms with van der Waals surface area (Å²) >= 11 is 7.16. The summed E-state index contributed by atoms with van der Waals surface area (Å²) in [5.41, 5.74) is 4.27. The van der Waals surface area contributed by atoms with Gasteiger partial charge < -0.3 is 5.32 Å². The van der Waals surface area contributed by atoms with Crippen molar-refractivity contribution in [3.63, 3.8) is 0 Å². The Hall–Kier alpha value is -2.11. The molecule has 0 saturated carbocycles. The topological polar surface area (TPSA) is 46.9 Å². The van der Waals surface area contributed by atoms with Crippen molar-refractivity contribution in [2.75, 3.05) is 0 Å². The quantitative estimate of drug-likeness (QED) is 0.742. The summed E-state index contributed by atoms with van der Waals surface area (Å²) in [6.45, 7) is 5.19. The van der Waals surface area contributed by atoms with Crippen LogP contribution in [0.4, 0.5) is 0 Å². The first-order chi connectivity index (χ1) is 11.5. The van der Waals surface area contributed by atoms with Gasteiger partial charge >= 0.3 is 0 Å². The fourth-order valence-electron chi connectivity index (χ4n) is 2.59. The van der Waals surface area contributed by atoms with Gasteiger partial charge in [0.25, 0.3) is 5.91 Å². The van der Waals surface area contributed by atoms with E-state index >= 15 is 0 Å². The van der Waals surface area contributed by atoms with Crippen molar-refractivity contribution < 1.29 is 4.79 Å². The van der Waals surface area contributed by atoms with E-state index in [0.717, 1.165) is 23.5 Å². The molecule has 0 aliphatic carbocycles. The lowest BCUT2D eigenvalue weighted by molar-refractivity contribution is 0.0955. The van der Waals surface area contributed by atoms with Crippen LogP contribution in [0.25, 0.3) is 0 Å². The molecule has 0 unspecified atom stereocenters. The smallest absolute Gasteiger partial charge is 0.261 e. The van der Waals surface area contributed by atoms with E-state index in [1.54, 1.807) is 12.1 Å². The molecule has 1 amide bonds. The number of rotatable bonds is 5. The van der Waals surface area contributed by atoms with Crippen molar-refractivity contribution in [3.8, 4) is 0 Å². The lowest BCUT2D eigenvalue weighted by Crippen LogP contribution is -2.22. The molecule has 24 heavy (non-hydrogen) atoms. The zero-order chi connectivity index (χ0) is 17.1. The van der Waals surface area contributed by atoms with E-state index in [1.165, 1.54) is 16.9 Å². The molecule has 0 aliphatic rings. The average Bonchev–Trinajstić information content (AvgIpc) is 3.11. The fraction of sp³-hybridized carbons (Fsp3) is 0.222. The third kappa shape index (κ3) is 3.68. The molecule has 2 aromatic heterocycles. The highest BCUT2D eigenvalue weighted by Gasteiger charge is 2.14. The van der Waals surface area contributed by atoms with Crippen LogP contribution in [0.5, 0.6) is 0 Å². The Morgan fingerprint density at radius 2 is 1.96 bits per heavy atom. The monoisotopic (exact) mass is 359 g/mol. The van der Waals surface area contributed by atoms with Crippen LogP contribution in [0.2, 0.25) is 4.34 Å². The number of aryl methyl sites for hydroxylation is 1. The van der Waals surface area contributed by atoms with E-state index < -0.39 is 0 Å². The van der Waals surface area contributed by atoms with E-state index in [-0.39, 0.29) is 5.91 Å². The van der Waals surface area contributed by atoms with Crippen LogP contribution in [0, 0.1) is 13.8 Å². The van der Waals surface area contributed by atoms with Crippen LogP contribution in [0.15, 0.2) is 42.5 Å². The molecule has 3 aromatic rings. The van der Waals surface area contributed by atoms with Crippen molar-refractivity contribution in [3.05, 3.63) is 74.2 Å². The average molecular weight is 360 g/mol. The normalized spacial score (nSPS) is 10.8. The second kappa shape index (κ2) is 7.20. The Labute approximate surface area is 150 Å². The first-order valence-electron chi connectivity index (χ1n) is 7.65. The van der Waals surface area contributed by atoms with Crippen LogP contribution in [-0.2, 0) is 13.1 Å². The molecule has 0 bridgehead atoms. The van der Waals surface area contributed by atoms with Gasteiger partial charge in [0.15, 0.2) is 0 Å². The van der Waals surface area contributed by atoms with Gasteiger partial charge in [-0.3, -0.25) is 9.48 Å². The Bertz CT molecular complexity index is 855. The molecule has 124 valence electrons. The van der Waals surface area contributed by atoms with Gasteiger partial charge in [-0.25, -0.2) is 0 Å². The Morgan fingerprint density at radius 1 is 1.21 bits per heavy atom. The predicted molar refractivity (Wildman–Crippen MR) is 97.7 cm³/mol. The minimum atomic E-state index is -0.110. The number of halogens is 1. The van der Waals surface area contributed by atoms with E-state index in [0.29, 0.717) is 15.8 Å². The molecule has 6 heteroatoms. The molecule has 1 aromatic carbocycles. The lowest BCUT2D eigenvalue weighted by atomic mass is 10.2. The van der Waals surface area contributed by atoms with Crippen molar-refractivity contribution in [2.45, 2.75) is 26.9 Å². The van der Waals surface area contributed by atoms with Crippen molar-refractivity contribution in [2.24, 2.45) is 0 Å². The number of nitrogens with zero attached hydrogens (tertiary/aromatic N) is 2. The zero-order valence-electron chi connectivity index (χ0n) is 13.5. The number of hydrogen-bond donors (Lipinski definition) is 1. The summed E-state index contributed by atoms with van der Waals surface area (Å²) in [5.74, 6) is -0.110. The van der Waals surface area contributed by atoms with E-state index in [4.69, 9.17) is 11.6 Å². The number of carbonyl (C=O) groups excluding carboxylic acids is 1. The lowest BCUT2D eigenvalue weighted by Gasteiger charge is -2.07. The van der Waals surface area contributed by atoms with E-state index in [2.05, 4.69) is 22.5 Å². The van der Waals surface area contributed by atoms with Gasteiger partial charge in [-0.2, -0.15) is 5.10 Å². The molecule has 1 N–H and O–H groups in total. The Balaban J connectivity index is 1.71. The van der Waals surface area contributed by atoms with Gasteiger partial charge in [-0.05, 0) is 31.5 Å². The number of thiophene rings is 1. The molecule has 4 nitrogen and oxygen atoms in total. The second-order valence-corrected chi connectivity index (χ2v) is 7.29. The summed E-state index contributed by atoms with van der Waals surface area (Å²) in [6.07, 6.45) is 0. The van der Waals surface area contributed by atoms with Crippen LogP contribution in [0.3, 0.4) is 0 Å². The van der Waals surface area contributed by atoms with E-state index in [1.807, 2.05) is 36.7 Å². The second-order valence-electron chi connectivity index (χ2n) is 5.58. The highest BCUT2D eigenvalue weighted by molar-refractivity contribution is 7.17. The first kappa shape index (κ1) is 16.7. The van der Waals surface area contributed by atoms with Gasteiger partial charge in [0.1, 0.15) is 0 Å². The van der Waals surface area contributed by atoms with Crippen molar-refractivity contribution in [1.29, 1.82) is 0 Å². The molecular weight excluding hydrogens is 342 g/mol. The summed E-state index contributed by atoms with van der Waals surface area (Å²) in [4.78, 5) is 12.8. The highest BCUT2D eigenvalue weighted by atomic mass is 35.5. The number of nitrogens with one attached hydrogen (secondary N) is 1. The molecular formula is C18H18ClN3OS.